The first-order valence-corrected chi connectivity index (χ1v) is 26.1. The lowest BCUT2D eigenvalue weighted by molar-refractivity contribution is -0.123. The highest BCUT2D eigenvalue weighted by molar-refractivity contribution is 5.77. The summed E-state index contributed by atoms with van der Waals surface area (Å²) in [5, 5.41) is 24.5. The third-order valence-corrected chi connectivity index (χ3v) is 12.7. The number of benzene rings is 8. The van der Waals surface area contributed by atoms with Gasteiger partial charge < -0.3 is 39.8 Å². The minimum absolute atomic E-state index is 0.00256. The molecule has 76 heavy (non-hydrogen) atoms. The van der Waals surface area contributed by atoms with E-state index in [0.29, 0.717) is 71.6 Å². The predicted octanol–water partition coefficient (Wildman–Crippen LogP) is 11.0. The number of phenolic OH excluding ortho intramolecular Hbond substituents is 1. The molecular weight excluding hydrogens is 949 g/mol. The highest BCUT2D eigenvalue weighted by Gasteiger charge is 2.37. The average Bonchev–Trinajstić information content (AvgIpc) is 3.47. The van der Waals surface area contributed by atoms with Gasteiger partial charge >= 0.3 is 0 Å². The second-order valence-electron chi connectivity index (χ2n) is 18.5. The number of aliphatic hydroxyl groups is 1. The molecule has 0 aliphatic heterocycles. The maximum atomic E-state index is 13.2. The summed E-state index contributed by atoms with van der Waals surface area (Å²) in [4.78, 5) is 25.4. The van der Waals surface area contributed by atoms with E-state index in [0.717, 1.165) is 50.3 Å². The van der Waals surface area contributed by atoms with Crippen molar-refractivity contribution in [3.05, 3.63) is 275 Å². The molecule has 0 spiro atoms. The van der Waals surface area contributed by atoms with Gasteiger partial charge in [-0.05, 0) is 94.5 Å². The van der Waals surface area contributed by atoms with Crippen LogP contribution in [0, 0.1) is 0 Å². The number of phenols is 1. The molecule has 4 N–H and O–H groups in total. The van der Waals surface area contributed by atoms with Crippen molar-refractivity contribution in [2.75, 3.05) is 39.6 Å². The Morgan fingerprint density at radius 1 is 0.434 bits per heavy atom. The van der Waals surface area contributed by atoms with Crippen LogP contribution in [0.2, 0.25) is 0 Å². The van der Waals surface area contributed by atoms with Crippen molar-refractivity contribution >= 4 is 11.8 Å². The fourth-order valence-electron chi connectivity index (χ4n) is 8.91. The summed E-state index contributed by atoms with van der Waals surface area (Å²) in [6, 6.07) is 75.7. The van der Waals surface area contributed by atoms with E-state index >= 15 is 0 Å². The van der Waals surface area contributed by atoms with E-state index in [2.05, 4.69) is 83.4 Å². The molecule has 0 aliphatic carbocycles. The fraction of sp³-hybridized carbons (Fsp3) is 0.242. The van der Waals surface area contributed by atoms with Crippen LogP contribution in [0.1, 0.15) is 57.3 Å². The number of carbonyl (C=O) groups excluding carboxylic acids is 2. The molecule has 0 unspecified atom stereocenters. The van der Waals surface area contributed by atoms with Gasteiger partial charge in [-0.2, -0.15) is 0 Å². The molecule has 0 aliphatic rings. The van der Waals surface area contributed by atoms with Gasteiger partial charge in [-0.25, -0.2) is 0 Å². The Morgan fingerprint density at radius 2 is 0.816 bits per heavy atom. The minimum Gasteiger partial charge on any atom is -0.508 e. The Bertz CT molecular complexity index is 2740. The monoisotopic (exact) mass is 1020 g/mol. The summed E-state index contributed by atoms with van der Waals surface area (Å²) in [7, 11) is 0. The standard InChI is InChI=1S/C46H45NO4.C20H25NO4/c48-45(31-28-37-16-6-1-7-17-37)47-43(34-38-26-29-44(30-27-38)50-35-39-18-8-2-9-19-39)36-49-32-33-51-46(40-20-10-3-11-21-40,41-22-12-4-13-23-41)42-24-14-5-15-25-42;22-12-13-25-15-18(14-17-6-9-19(23)10-7-17)21-20(24)11-8-16-4-2-1-3-5-16/h1-27,29-30,43H,28,31-36H2,(H,47,48);1-7,9-10,18,22-23H,8,11-15H2,(H,21,24)/t43-;18-/m00/s1. The number of aliphatic hydroxyl groups excluding tert-OH is 1. The van der Waals surface area contributed by atoms with E-state index in [9.17, 15) is 14.7 Å². The molecule has 8 rings (SSSR count). The number of aryl methyl sites for hydroxylation is 2. The van der Waals surface area contributed by atoms with E-state index in [1.165, 1.54) is 0 Å². The van der Waals surface area contributed by atoms with Crippen molar-refractivity contribution < 1.29 is 38.7 Å². The van der Waals surface area contributed by atoms with Crippen LogP contribution in [0.5, 0.6) is 11.5 Å². The molecule has 0 radical (unpaired) electrons. The quantitative estimate of drug-likeness (QED) is 0.0281. The summed E-state index contributed by atoms with van der Waals surface area (Å²) < 4.78 is 24.6. The van der Waals surface area contributed by atoms with Crippen LogP contribution in [-0.2, 0) is 61.7 Å². The molecule has 2 atom stereocenters. The van der Waals surface area contributed by atoms with Crippen molar-refractivity contribution in [1.29, 1.82) is 0 Å². The molecular formula is C66H70N2O8. The molecule has 392 valence electrons. The SMILES string of the molecule is O=C(CCc1ccccc1)N[C@H](COCCO)Cc1ccc(O)cc1.O=C(CCc1ccccc1)N[C@H](COCCOC(c1ccccc1)(c1ccccc1)c1ccccc1)Cc1ccc(OCc2ccccc2)cc1. The number of aromatic hydroxyl groups is 1. The lowest BCUT2D eigenvalue weighted by Crippen LogP contribution is -2.40. The molecule has 2 amide bonds. The maximum absolute atomic E-state index is 13.2. The summed E-state index contributed by atoms with van der Waals surface area (Å²) in [6.07, 6.45) is 3.42. The maximum Gasteiger partial charge on any atom is 0.220 e. The van der Waals surface area contributed by atoms with Crippen molar-refractivity contribution in [3.8, 4) is 11.5 Å². The molecule has 0 fully saturated rings. The van der Waals surface area contributed by atoms with Gasteiger partial charge in [0, 0.05) is 12.8 Å². The number of hydrogen-bond acceptors (Lipinski definition) is 8. The zero-order valence-corrected chi connectivity index (χ0v) is 43.1. The van der Waals surface area contributed by atoms with E-state index in [-0.39, 0.29) is 42.9 Å². The van der Waals surface area contributed by atoms with E-state index in [1.54, 1.807) is 12.1 Å². The topological polar surface area (TPSA) is 136 Å². The van der Waals surface area contributed by atoms with E-state index in [1.807, 2.05) is 146 Å². The van der Waals surface area contributed by atoms with Gasteiger partial charge in [-0.3, -0.25) is 9.59 Å². The molecule has 0 bridgehead atoms. The molecule has 0 heterocycles. The fourth-order valence-corrected chi connectivity index (χ4v) is 8.91. The number of carbonyl (C=O) groups is 2. The van der Waals surface area contributed by atoms with Crippen LogP contribution in [0.15, 0.2) is 231 Å². The van der Waals surface area contributed by atoms with Gasteiger partial charge in [-0.15, -0.1) is 0 Å². The van der Waals surface area contributed by atoms with Crippen LogP contribution < -0.4 is 15.4 Å². The van der Waals surface area contributed by atoms with Crippen LogP contribution in [0.4, 0.5) is 0 Å². The lowest BCUT2D eigenvalue weighted by Gasteiger charge is -2.36. The molecule has 8 aromatic carbocycles. The Morgan fingerprint density at radius 3 is 1.24 bits per heavy atom. The first-order chi connectivity index (χ1) is 37.4. The molecule has 0 aromatic heterocycles. The average molecular weight is 1020 g/mol. The molecule has 10 heteroatoms. The second kappa shape index (κ2) is 31.1. The summed E-state index contributed by atoms with van der Waals surface area (Å²) >= 11 is 0. The van der Waals surface area contributed by atoms with Crippen LogP contribution in [0.25, 0.3) is 0 Å². The van der Waals surface area contributed by atoms with Gasteiger partial charge in [0.15, 0.2) is 0 Å². The number of ether oxygens (including phenoxy) is 4. The van der Waals surface area contributed by atoms with Crippen LogP contribution >= 0.6 is 0 Å². The third kappa shape index (κ3) is 18.5. The zero-order chi connectivity index (χ0) is 52.9. The van der Waals surface area contributed by atoms with E-state index in [4.69, 9.17) is 24.1 Å². The first-order valence-electron chi connectivity index (χ1n) is 26.1. The number of nitrogens with one attached hydrogen (secondary N) is 2. The summed E-state index contributed by atoms with van der Waals surface area (Å²) in [5.41, 5.74) is 7.79. The highest BCUT2D eigenvalue weighted by atomic mass is 16.5. The summed E-state index contributed by atoms with van der Waals surface area (Å²) in [5.74, 6) is 0.991. The van der Waals surface area contributed by atoms with Gasteiger partial charge in [0.2, 0.25) is 11.8 Å². The Balaban J connectivity index is 0.000000282. The normalized spacial score (nSPS) is 11.9. The van der Waals surface area contributed by atoms with Crippen molar-refractivity contribution in [1.82, 2.24) is 10.6 Å². The zero-order valence-electron chi connectivity index (χ0n) is 43.1. The van der Waals surface area contributed by atoms with E-state index < -0.39 is 5.60 Å². The third-order valence-electron chi connectivity index (χ3n) is 12.7. The van der Waals surface area contributed by atoms with Crippen LogP contribution in [0.3, 0.4) is 0 Å². The van der Waals surface area contributed by atoms with Crippen molar-refractivity contribution in [3.63, 3.8) is 0 Å². The van der Waals surface area contributed by atoms with Crippen LogP contribution in [-0.4, -0.2) is 73.8 Å². The summed E-state index contributed by atoms with van der Waals surface area (Å²) in [6.45, 7) is 2.09. The molecule has 10 nitrogen and oxygen atoms in total. The van der Waals surface area contributed by atoms with Gasteiger partial charge in [-0.1, -0.05) is 206 Å². The Hall–Kier alpha value is -7.86. The lowest BCUT2D eigenvalue weighted by atomic mass is 9.80. The largest absolute Gasteiger partial charge is 0.508 e. The Kier molecular flexibility index (Phi) is 22.9. The first kappa shape index (κ1) is 55.9. The molecule has 0 saturated heterocycles. The molecule has 8 aromatic rings. The highest BCUT2D eigenvalue weighted by Crippen LogP contribution is 2.40. The van der Waals surface area contributed by atoms with Gasteiger partial charge in [0.05, 0.1) is 51.7 Å². The second-order valence-corrected chi connectivity index (χ2v) is 18.5. The minimum atomic E-state index is -0.817. The Labute approximate surface area is 448 Å². The van der Waals surface area contributed by atoms with Crippen molar-refractivity contribution in [2.45, 2.75) is 62.8 Å². The molecule has 0 saturated carbocycles. The number of amides is 2. The smallest absolute Gasteiger partial charge is 0.220 e. The predicted molar refractivity (Wildman–Crippen MR) is 300 cm³/mol. The van der Waals surface area contributed by atoms with Gasteiger partial charge in [0.25, 0.3) is 0 Å². The number of hydrogen-bond donors (Lipinski definition) is 4. The number of rotatable bonds is 28. The van der Waals surface area contributed by atoms with Gasteiger partial charge in [0.1, 0.15) is 23.7 Å². The van der Waals surface area contributed by atoms with Crippen molar-refractivity contribution in [2.24, 2.45) is 0 Å².